The predicted octanol–water partition coefficient (Wildman–Crippen LogP) is 2.41. The summed E-state index contributed by atoms with van der Waals surface area (Å²) in [6.45, 7) is 2.04. The molecule has 0 aliphatic rings. The molecule has 6 heteroatoms. The number of benzene rings is 2. The van der Waals surface area contributed by atoms with E-state index in [1.807, 2.05) is 31.2 Å². The van der Waals surface area contributed by atoms with Crippen LogP contribution in [0.4, 0.5) is 0 Å². The number of carbonyl (C=O) groups excluding carboxylic acids is 2. The van der Waals surface area contributed by atoms with Gasteiger partial charge in [0.05, 0.1) is 11.1 Å². The maximum absolute atomic E-state index is 12.2. The summed E-state index contributed by atoms with van der Waals surface area (Å²) in [6.07, 6.45) is 3.06. The fourth-order valence-corrected chi connectivity index (χ4v) is 2.32. The molecule has 0 aliphatic heterocycles. The summed E-state index contributed by atoms with van der Waals surface area (Å²) in [5.74, 6) is -0.961. The number of para-hydroxylation sites is 1. The van der Waals surface area contributed by atoms with Gasteiger partial charge in [-0.15, -0.1) is 0 Å². The Balaban J connectivity index is 1.56. The number of amides is 1. The topological polar surface area (TPSA) is 81.2 Å². The number of ether oxygens (including phenoxy) is 1. The van der Waals surface area contributed by atoms with Crippen molar-refractivity contribution >= 4 is 22.9 Å². The van der Waals surface area contributed by atoms with Crippen molar-refractivity contribution in [2.45, 2.75) is 13.5 Å². The Labute approximate surface area is 144 Å². The molecular weight excluding hydrogens is 318 g/mol. The molecule has 3 aromatic rings. The van der Waals surface area contributed by atoms with E-state index in [-0.39, 0.29) is 18.1 Å². The molecule has 0 unspecified atom stereocenters. The minimum atomic E-state index is -0.600. The number of nitrogens with zero attached hydrogens (tertiary/aromatic N) is 2. The molecule has 0 atom stereocenters. The molecule has 2 aromatic carbocycles. The maximum Gasteiger partial charge on any atom is 0.340 e. The van der Waals surface area contributed by atoms with Crippen molar-refractivity contribution < 1.29 is 14.3 Å². The lowest BCUT2D eigenvalue weighted by molar-refractivity contribution is -0.124. The molecule has 0 spiro atoms. The molecule has 1 heterocycles. The van der Waals surface area contributed by atoms with E-state index in [1.54, 1.807) is 24.4 Å². The first-order valence-corrected chi connectivity index (χ1v) is 7.82. The highest BCUT2D eigenvalue weighted by atomic mass is 16.5. The predicted molar refractivity (Wildman–Crippen MR) is 92.8 cm³/mol. The smallest absolute Gasteiger partial charge is 0.340 e. The van der Waals surface area contributed by atoms with Crippen molar-refractivity contribution in [3.05, 3.63) is 71.5 Å². The lowest BCUT2D eigenvalue weighted by Crippen LogP contribution is -2.28. The van der Waals surface area contributed by atoms with E-state index in [1.165, 1.54) is 6.20 Å². The van der Waals surface area contributed by atoms with Gasteiger partial charge in [-0.25, -0.2) is 4.79 Å². The van der Waals surface area contributed by atoms with Gasteiger partial charge in [0.15, 0.2) is 6.61 Å². The van der Waals surface area contributed by atoms with Crippen molar-refractivity contribution in [2.24, 2.45) is 0 Å². The number of aryl methyl sites for hydroxylation is 1. The fourth-order valence-electron chi connectivity index (χ4n) is 2.32. The van der Waals surface area contributed by atoms with Gasteiger partial charge in [0.25, 0.3) is 5.91 Å². The number of rotatable bonds is 5. The summed E-state index contributed by atoms with van der Waals surface area (Å²) >= 11 is 0. The number of carbonyl (C=O) groups is 2. The number of aromatic nitrogens is 2. The summed E-state index contributed by atoms with van der Waals surface area (Å²) in [6, 6.07) is 12.9. The van der Waals surface area contributed by atoms with Crippen LogP contribution in [0, 0.1) is 6.92 Å². The lowest BCUT2D eigenvalue weighted by atomic mass is 10.1. The van der Waals surface area contributed by atoms with Crippen LogP contribution in [0.5, 0.6) is 0 Å². The second kappa shape index (κ2) is 7.53. The summed E-state index contributed by atoms with van der Waals surface area (Å²) in [5.41, 5.74) is 3.48. The van der Waals surface area contributed by atoms with Crippen LogP contribution in [-0.2, 0) is 16.1 Å². The molecule has 1 N–H and O–H groups in total. The summed E-state index contributed by atoms with van der Waals surface area (Å²) < 4.78 is 5.09. The molecule has 0 aliphatic carbocycles. The molecule has 0 radical (unpaired) electrons. The molecule has 1 aromatic heterocycles. The highest BCUT2D eigenvalue weighted by molar-refractivity contribution is 6.02. The Morgan fingerprint density at radius 1 is 1.04 bits per heavy atom. The third kappa shape index (κ3) is 4.17. The van der Waals surface area contributed by atoms with Crippen LogP contribution in [0.1, 0.15) is 21.5 Å². The second-order valence-electron chi connectivity index (χ2n) is 5.57. The van der Waals surface area contributed by atoms with Crippen molar-refractivity contribution in [1.29, 1.82) is 0 Å². The van der Waals surface area contributed by atoms with E-state index in [2.05, 4.69) is 15.3 Å². The third-order valence-electron chi connectivity index (χ3n) is 3.66. The molecule has 6 nitrogen and oxygen atoms in total. The van der Waals surface area contributed by atoms with Crippen LogP contribution >= 0.6 is 0 Å². The Bertz CT molecular complexity index is 902. The van der Waals surface area contributed by atoms with Crippen LogP contribution < -0.4 is 5.32 Å². The standard InChI is InChI=1S/C19H17N3O3/c1-13-5-7-14(8-6-13)11-22-17(23)12-25-19(24)15-3-2-4-16-18(15)21-10-9-20-16/h2-10H,11-12H2,1H3,(H,22,23). The Kier molecular flexibility index (Phi) is 4.99. The van der Waals surface area contributed by atoms with Crippen molar-refractivity contribution in [3.63, 3.8) is 0 Å². The Morgan fingerprint density at radius 3 is 2.60 bits per heavy atom. The van der Waals surface area contributed by atoms with Crippen LogP contribution in [0.25, 0.3) is 11.0 Å². The number of fused-ring (bicyclic) bond motifs is 1. The zero-order valence-corrected chi connectivity index (χ0v) is 13.7. The molecule has 0 saturated carbocycles. The zero-order valence-electron chi connectivity index (χ0n) is 13.7. The van der Waals surface area contributed by atoms with E-state index in [4.69, 9.17) is 4.74 Å². The largest absolute Gasteiger partial charge is 0.452 e. The first-order valence-electron chi connectivity index (χ1n) is 7.82. The van der Waals surface area contributed by atoms with Gasteiger partial charge in [-0.05, 0) is 24.6 Å². The second-order valence-corrected chi connectivity index (χ2v) is 5.57. The fraction of sp³-hybridized carbons (Fsp3) is 0.158. The van der Waals surface area contributed by atoms with Gasteiger partial charge < -0.3 is 10.1 Å². The van der Waals surface area contributed by atoms with Gasteiger partial charge in [-0.1, -0.05) is 35.9 Å². The van der Waals surface area contributed by atoms with E-state index in [0.717, 1.165) is 11.1 Å². The van der Waals surface area contributed by atoms with Gasteiger partial charge in [-0.3, -0.25) is 14.8 Å². The Morgan fingerprint density at radius 2 is 1.80 bits per heavy atom. The van der Waals surface area contributed by atoms with Crippen LogP contribution in [0.15, 0.2) is 54.9 Å². The van der Waals surface area contributed by atoms with Crippen LogP contribution in [0.2, 0.25) is 0 Å². The van der Waals surface area contributed by atoms with Gasteiger partial charge in [0.1, 0.15) is 5.52 Å². The normalized spacial score (nSPS) is 10.4. The summed E-state index contributed by atoms with van der Waals surface area (Å²) in [4.78, 5) is 32.4. The minimum Gasteiger partial charge on any atom is -0.452 e. The number of hydrogen-bond donors (Lipinski definition) is 1. The van der Waals surface area contributed by atoms with Gasteiger partial charge in [0, 0.05) is 18.9 Å². The van der Waals surface area contributed by atoms with E-state index in [9.17, 15) is 9.59 Å². The van der Waals surface area contributed by atoms with E-state index < -0.39 is 5.97 Å². The molecule has 0 saturated heterocycles. The first-order chi connectivity index (χ1) is 12.1. The monoisotopic (exact) mass is 335 g/mol. The van der Waals surface area contributed by atoms with Crippen LogP contribution in [-0.4, -0.2) is 28.5 Å². The third-order valence-corrected chi connectivity index (χ3v) is 3.66. The SMILES string of the molecule is Cc1ccc(CNC(=O)COC(=O)c2cccc3nccnc23)cc1. The van der Waals surface area contributed by atoms with Crippen LogP contribution in [0.3, 0.4) is 0 Å². The molecule has 3 rings (SSSR count). The van der Waals surface area contributed by atoms with E-state index in [0.29, 0.717) is 17.6 Å². The molecular formula is C19H17N3O3. The van der Waals surface area contributed by atoms with Gasteiger partial charge >= 0.3 is 5.97 Å². The van der Waals surface area contributed by atoms with Gasteiger partial charge in [-0.2, -0.15) is 0 Å². The number of hydrogen-bond acceptors (Lipinski definition) is 5. The highest BCUT2D eigenvalue weighted by Gasteiger charge is 2.14. The van der Waals surface area contributed by atoms with Crippen molar-refractivity contribution in [3.8, 4) is 0 Å². The average Bonchev–Trinajstić information content (AvgIpc) is 2.65. The van der Waals surface area contributed by atoms with E-state index >= 15 is 0 Å². The quantitative estimate of drug-likeness (QED) is 0.724. The summed E-state index contributed by atoms with van der Waals surface area (Å²) in [5, 5.41) is 2.72. The molecule has 25 heavy (non-hydrogen) atoms. The number of nitrogens with one attached hydrogen (secondary N) is 1. The first kappa shape index (κ1) is 16.6. The maximum atomic E-state index is 12.2. The molecule has 0 bridgehead atoms. The molecule has 0 fully saturated rings. The van der Waals surface area contributed by atoms with Crippen molar-refractivity contribution in [2.75, 3.05) is 6.61 Å². The Hall–Kier alpha value is -3.28. The average molecular weight is 335 g/mol. The molecule has 1 amide bonds. The number of esters is 1. The highest BCUT2D eigenvalue weighted by Crippen LogP contribution is 2.14. The summed E-state index contributed by atoms with van der Waals surface area (Å²) in [7, 11) is 0. The van der Waals surface area contributed by atoms with Gasteiger partial charge in [0.2, 0.25) is 0 Å². The zero-order chi connectivity index (χ0) is 17.6. The minimum absolute atomic E-state index is 0.289. The lowest BCUT2D eigenvalue weighted by Gasteiger charge is -2.08. The van der Waals surface area contributed by atoms with Crippen molar-refractivity contribution in [1.82, 2.24) is 15.3 Å². The molecule has 126 valence electrons.